The normalized spacial score (nSPS) is 18.9. The number of carboxylic acid groups (broad SMARTS) is 1. The summed E-state index contributed by atoms with van der Waals surface area (Å²) >= 11 is 4.70. The van der Waals surface area contributed by atoms with Gasteiger partial charge in [-0.05, 0) is 28.1 Å². The van der Waals surface area contributed by atoms with Crippen molar-refractivity contribution in [3.63, 3.8) is 0 Å². The summed E-state index contributed by atoms with van der Waals surface area (Å²) < 4.78 is 13.6. The lowest BCUT2D eigenvalue weighted by Crippen LogP contribution is -2.47. The topological polar surface area (TPSA) is 57.6 Å². The maximum atomic E-state index is 13.5. The molecule has 1 saturated heterocycles. The van der Waals surface area contributed by atoms with Gasteiger partial charge in [-0.3, -0.25) is 9.59 Å². The van der Waals surface area contributed by atoms with Crippen molar-refractivity contribution in [2.75, 3.05) is 18.1 Å². The monoisotopic (exact) mass is 361 g/mol. The summed E-state index contributed by atoms with van der Waals surface area (Å²) in [5.41, 5.74) is 0.229. The van der Waals surface area contributed by atoms with Gasteiger partial charge in [0.1, 0.15) is 5.82 Å². The molecule has 1 amide bonds. The first-order valence-electron chi connectivity index (χ1n) is 6.05. The Morgan fingerprint density at radius 2 is 2.25 bits per heavy atom. The molecule has 108 valence electrons. The predicted molar refractivity (Wildman–Crippen MR) is 78.5 cm³/mol. The van der Waals surface area contributed by atoms with Crippen molar-refractivity contribution < 1.29 is 19.1 Å². The fraction of sp³-hybridized carbons (Fsp3) is 0.385. The summed E-state index contributed by atoms with van der Waals surface area (Å²) in [6.45, 7) is 0.477. The van der Waals surface area contributed by atoms with Crippen molar-refractivity contribution in [2.45, 2.75) is 12.5 Å². The molecule has 1 N–H and O–H groups in total. The van der Waals surface area contributed by atoms with Crippen molar-refractivity contribution in [1.29, 1.82) is 0 Å². The molecule has 7 heteroatoms. The maximum Gasteiger partial charge on any atom is 0.305 e. The van der Waals surface area contributed by atoms with Gasteiger partial charge in [-0.1, -0.05) is 6.07 Å². The predicted octanol–water partition coefficient (Wildman–Crippen LogP) is 2.62. The Labute approximate surface area is 128 Å². The Hall–Kier alpha value is -1.08. The molecule has 0 saturated carbocycles. The Morgan fingerprint density at radius 1 is 1.50 bits per heavy atom. The molecule has 0 aromatic heterocycles. The van der Waals surface area contributed by atoms with E-state index in [1.807, 2.05) is 0 Å². The first-order valence-corrected chi connectivity index (χ1v) is 8.00. The number of aliphatic carboxylic acids is 1. The van der Waals surface area contributed by atoms with Crippen molar-refractivity contribution >= 4 is 39.6 Å². The van der Waals surface area contributed by atoms with Gasteiger partial charge in [0.05, 0.1) is 22.5 Å². The minimum absolute atomic E-state index is 0.0916. The van der Waals surface area contributed by atoms with Crippen LogP contribution in [0, 0.1) is 5.82 Å². The van der Waals surface area contributed by atoms with Crippen LogP contribution in [0.1, 0.15) is 16.8 Å². The standard InChI is InChI=1S/C13H13BrFNO3S/c14-12-9(2-1-3-10(12)15)13(19)16-4-5-20-7-8(16)6-11(17)18/h1-3,8H,4-7H2,(H,17,18). The van der Waals surface area contributed by atoms with Crippen LogP contribution in [0.4, 0.5) is 4.39 Å². The highest BCUT2D eigenvalue weighted by atomic mass is 79.9. The maximum absolute atomic E-state index is 13.5. The second kappa shape index (κ2) is 6.58. The van der Waals surface area contributed by atoms with Crippen LogP contribution < -0.4 is 0 Å². The minimum atomic E-state index is -0.936. The number of carbonyl (C=O) groups is 2. The van der Waals surface area contributed by atoms with E-state index in [2.05, 4.69) is 15.9 Å². The number of hydrogen-bond acceptors (Lipinski definition) is 3. The highest BCUT2D eigenvalue weighted by molar-refractivity contribution is 9.10. The SMILES string of the molecule is O=C(O)CC1CSCCN1C(=O)c1cccc(F)c1Br. The molecular formula is C13H13BrFNO3S. The lowest BCUT2D eigenvalue weighted by molar-refractivity contribution is -0.138. The van der Waals surface area contributed by atoms with Gasteiger partial charge in [-0.25, -0.2) is 4.39 Å². The Balaban J connectivity index is 2.25. The van der Waals surface area contributed by atoms with E-state index in [0.717, 1.165) is 5.75 Å². The van der Waals surface area contributed by atoms with E-state index in [9.17, 15) is 14.0 Å². The smallest absolute Gasteiger partial charge is 0.305 e. The number of thioether (sulfide) groups is 1. The first-order chi connectivity index (χ1) is 9.50. The molecule has 4 nitrogen and oxygen atoms in total. The quantitative estimate of drug-likeness (QED) is 0.898. The molecule has 0 bridgehead atoms. The highest BCUT2D eigenvalue weighted by Gasteiger charge is 2.30. The van der Waals surface area contributed by atoms with Crippen LogP contribution in [0.15, 0.2) is 22.7 Å². The zero-order valence-electron chi connectivity index (χ0n) is 10.5. The van der Waals surface area contributed by atoms with Crippen molar-refractivity contribution in [1.82, 2.24) is 4.90 Å². The zero-order chi connectivity index (χ0) is 14.7. The van der Waals surface area contributed by atoms with E-state index in [1.165, 1.54) is 23.1 Å². The van der Waals surface area contributed by atoms with Gasteiger partial charge >= 0.3 is 5.97 Å². The van der Waals surface area contributed by atoms with Gasteiger partial charge in [0, 0.05) is 18.1 Å². The van der Waals surface area contributed by atoms with E-state index in [4.69, 9.17) is 5.11 Å². The van der Waals surface area contributed by atoms with Crippen LogP contribution in [-0.4, -0.2) is 46.0 Å². The number of carboxylic acids is 1. The molecule has 2 rings (SSSR count). The van der Waals surface area contributed by atoms with Crippen molar-refractivity contribution in [3.8, 4) is 0 Å². The first kappa shape index (κ1) is 15.3. The summed E-state index contributed by atoms with van der Waals surface area (Å²) in [6.07, 6.45) is -0.0916. The van der Waals surface area contributed by atoms with E-state index in [1.54, 1.807) is 11.8 Å². The van der Waals surface area contributed by atoms with Crippen LogP contribution in [0.5, 0.6) is 0 Å². The van der Waals surface area contributed by atoms with E-state index < -0.39 is 11.8 Å². The number of amides is 1. The van der Waals surface area contributed by atoms with Crippen LogP contribution in [0.3, 0.4) is 0 Å². The number of rotatable bonds is 3. The number of carbonyl (C=O) groups excluding carboxylic acids is 1. The average molecular weight is 362 g/mol. The molecule has 1 unspecified atom stereocenters. The summed E-state index contributed by atoms with van der Waals surface area (Å²) in [5.74, 6) is -0.423. The molecule has 1 aliphatic heterocycles. The van der Waals surface area contributed by atoms with Gasteiger partial charge in [-0.2, -0.15) is 11.8 Å². The van der Waals surface area contributed by atoms with Gasteiger partial charge < -0.3 is 10.0 Å². The molecule has 0 spiro atoms. The highest BCUT2D eigenvalue weighted by Crippen LogP contribution is 2.26. The molecule has 1 heterocycles. The van der Waals surface area contributed by atoms with Crippen LogP contribution >= 0.6 is 27.7 Å². The summed E-state index contributed by atoms with van der Waals surface area (Å²) in [4.78, 5) is 24.9. The van der Waals surface area contributed by atoms with Crippen LogP contribution in [0.25, 0.3) is 0 Å². The number of hydrogen-bond donors (Lipinski definition) is 1. The minimum Gasteiger partial charge on any atom is -0.481 e. The van der Waals surface area contributed by atoms with Gasteiger partial charge in [0.15, 0.2) is 0 Å². The summed E-state index contributed by atoms with van der Waals surface area (Å²) in [5, 5.41) is 8.92. The lowest BCUT2D eigenvalue weighted by Gasteiger charge is -2.34. The zero-order valence-corrected chi connectivity index (χ0v) is 12.9. The van der Waals surface area contributed by atoms with Gasteiger partial charge in [0.25, 0.3) is 5.91 Å². The molecule has 1 aliphatic rings. The third-order valence-corrected chi connectivity index (χ3v) is 4.98. The summed E-state index contributed by atoms with van der Waals surface area (Å²) in [7, 11) is 0. The van der Waals surface area contributed by atoms with Crippen LogP contribution in [0.2, 0.25) is 0 Å². The fourth-order valence-corrected chi connectivity index (χ4v) is 3.61. The fourth-order valence-electron chi connectivity index (χ4n) is 2.12. The molecule has 1 fully saturated rings. The third kappa shape index (κ3) is 3.32. The molecule has 1 atom stereocenters. The third-order valence-electron chi connectivity index (χ3n) is 3.08. The Morgan fingerprint density at radius 3 is 2.95 bits per heavy atom. The van der Waals surface area contributed by atoms with Crippen molar-refractivity contribution in [3.05, 3.63) is 34.1 Å². The van der Waals surface area contributed by atoms with Crippen LogP contribution in [-0.2, 0) is 4.79 Å². The lowest BCUT2D eigenvalue weighted by atomic mass is 10.1. The summed E-state index contributed by atoms with van der Waals surface area (Å²) in [6, 6.07) is 3.92. The molecule has 0 radical (unpaired) electrons. The van der Waals surface area contributed by atoms with E-state index in [-0.39, 0.29) is 28.4 Å². The number of nitrogens with zero attached hydrogens (tertiary/aromatic N) is 1. The van der Waals surface area contributed by atoms with E-state index >= 15 is 0 Å². The molecular weight excluding hydrogens is 349 g/mol. The Bertz CT molecular complexity index is 540. The molecule has 20 heavy (non-hydrogen) atoms. The number of benzene rings is 1. The average Bonchev–Trinajstić information content (AvgIpc) is 2.41. The Kier molecular flexibility index (Phi) is 5.04. The van der Waals surface area contributed by atoms with Gasteiger partial charge in [0.2, 0.25) is 0 Å². The van der Waals surface area contributed by atoms with E-state index in [0.29, 0.717) is 12.3 Å². The largest absolute Gasteiger partial charge is 0.481 e. The second-order valence-corrected chi connectivity index (χ2v) is 6.37. The molecule has 1 aromatic rings. The number of halogens is 2. The van der Waals surface area contributed by atoms with Crippen molar-refractivity contribution in [2.24, 2.45) is 0 Å². The second-order valence-electron chi connectivity index (χ2n) is 4.43. The molecule has 1 aromatic carbocycles. The molecule has 0 aliphatic carbocycles. The van der Waals surface area contributed by atoms with Gasteiger partial charge in [-0.15, -0.1) is 0 Å².